The van der Waals surface area contributed by atoms with Crippen LogP contribution in [0.25, 0.3) is 0 Å². The molecule has 1 atom stereocenters. The van der Waals surface area contributed by atoms with Gasteiger partial charge in [0, 0.05) is 0 Å². The number of nitrogens with two attached hydrogens (primary N) is 1. The van der Waals surface area contributed by atoms with E-state index < -0.39 is 0 Å². The summed E-state index contributed by atoms with van der Waals surface area (Å²) in [5, 5.41) is 0. The van der Waals surface area contributed by atoms with Crippen LogP contribution in [0.4, 0.5) is 0 Å². The minimum Gasteiger partial charge on any atom is -0.317 e. The Bertz CT molecular complexity index is 571. The molecule has 1 unspecified atom stereocenters. The van der Waals surface area contributed by atoms with Crippen molar-refractivity contribution in [3.63, 3.8) is 0 Å². The number of hydrogen-bond acceptors (Lipinski definition) is 1. The van der Waals surface area contributed by atoms with E-state index in [1.165, 1.54) is 16.7 Å². The van der Waals surface area contributed by atoms with Gasteiger partial charge in [0.25, 0.3) is 0 Å². The predicted octanol–water partition coefficient (Wildman–Crippen LogP) is 3.47. The van der Waals surface area contributed by atoms with Crippen LogP contribution in [-0.2, 0) is 12.0 Å². The Kier molecular flexibility index (Phi) is 2.36. The lowest BCUT2D eigenvalue weighted by Crippen LogP contribution is -2.47. The van der Waals surface area contributed by atoms with Crippen molar-refractivity contribution >= 4 is 0 Å². The van der Waals surface area contributed by atoms with Gasteiger partial charge in [0.1, 0.15) is 0 Å². The summed E-state index contributed by atoms with van der Waals surface area (Å²) in [6.07, 6.45) is 1.04. The van der Waals surface area contributed by atoms with Crippen molar-refractivity contribution in [2.75, 3.05) is 0 Å². The Morgan fingerprint density at radius 2 is 1.50 bits per heavy atom. The first kappa shape index (κ1) is 11.5. The maximum absolute atomic E-state index is 6.87. The zero-order valence-corrected chi connectivity index (χ0v) is 11.0. The highest BCUT2D eigenvalue weighted by Crippen LogP contribution is 2.51. The highest BCUT2D eigenvalue weighted by Gasteiger charge is 2.50. The molecule has 0 spiro atoms. The molecule has 0 saturated carbocycles. The van der Waals surface area contributed by atoms with Crippen molar-refractivity contribution < 1.29 is 0 Å². The van der Waals surface area contributed by atoms with Crippen LogP contribution in [-0.4, -0.2) is 0 Å². The van der Waals surface area contributed by atoms with Gasteiger partial charge in [0.05, 0.1) is 5.54 Å². The lowest BCUT2D eigenvalue weighted by molar-refractivity contribution is 0.234. The fraction of sp³-hybridized carbons (Fsp3) is 0.294. The van der Waals surface area contributed by atoms with E-state index >= 15 is 0 Å². The van der Waals surface area contributed by atoms with Crippen LogP contribution in [0.5, 0.6) is 0 Å². The van der Waals surface area contributed by atoms with E-state index in [1.54, 1.807) is 0 Å². The van der Waals surface area contributed by atoms with Crippen LogP contribution in [0.1, 0.15) is 30.5 Å². The SMILES string of the molecule is CC1(C)Cc2ccccc2C1(N)c1ccccc1. The molecule has 0 fully saturated rings. The van der Waals surface area contributed by atoms with Gasteiger partial charge in [-0.15, -0.1) is 0 Å². The molecule has 0 aliphatic heterocycles. The molecule has 0 heterocycles. The van der Waals surface area contributed by atoms with Crippen molar-refractivity contribution in [2.24, 2.45) is 11.1 Å². The molecule has 3 rings (SSSR count). The van der Waals surface area contributed by atoms with E-state index in [0.29, 0.717) is 0 Å². The monoisotopic (exact) mass is 237 g/mol. The van der Waals surface area contributed by atoms with E-state index in [1.807, 2.05) is 6.07 Å². The van der Waals surface area contributed by atoms with Crippen molar-refractivity contribution in [3.05, 3.63) is 71.3 Å². The Labute approximate surface area is 109 Å². The van der Waals surface area contributed by atoms with Crippen LogP contribution in [0.15, 0.2) is 54.6 Å². The summed E-state index contributed by atoms with van der Waals surface area (Å²) in [4.78, 5) is 0. The number of hydrogen-bond donors (Lipinski definition) is 1. The van der Waals surface area contributed by atoms with Gasteiger partial charge in [0.15, 0.2) is 0 Å². The van der Waals surface area contributed by atoms with Gasteiger partial charge < -0.3 is 5.73 Å². The summed E-state index contributed by atoms with van der Waals surface area (Å²) in [5.74, 6) is 0. The van der Waals surface area contributed by atoms with Crippen molar-refractivity contribution in [3.8, 4) is 0 Å². The Morgan fingerprint density at radius 1 is 0.889 bits per heavy atom. The molecule has 2 N–H and O–H groups in total. The second-order valence-corrected chi connectivity index (χ2v) is 5.89. The topological polar surface area (TPSA) is 26.0 Å². The average Bonchev–Trinajstić information content (AvgIpc) is 2.59. The molecular formula is C17H19N. The maximum Gasteiger partial charge on any atom is 0.0723 e. The minimum absolute atomic E-state index is 0.0397. The highest BCUT2D eigenvalue weighted by atomic mass is 14.8. The summed E-state index contributed by atoms with van der Waals surface area (Å²) < 4.78 is 0. The highest BCUT2D eigenvalue weighted by molar-refractivity contribution is 5.49. The second kappa shape index (κ2) is 3.69. The van der Waals surface area contributed by atoms with E-state index in [-0.39, 0.29) is 11.0 Å². The van der Waals surface area contributed by atoms with E-state index in [2.05, 4.69) is 62.4 Å². The summed E-state index contributed by atoms with van der Waals surface area (Å²) in [6.45, 7) is 4.53. The number of rotatable bonds is 1. The first-order valence-corrected chi connectivity index (χ1v) is 6.48. The lowest BCUT2D eigenvalue weighted by Gasteiger charge is -2.39. The van der Waals surface area contributed by atoms with Gasteiger partial charge in [-0.1, -0.05) is 68.4 Å². The Hall–Kier alpha value is -1.60. The molecule has 0 saturated heterocycles. The van der Waals surface area contributed by atoms with E-state index in [9.17, 15) is 0 Å². The fourth-order valence-corrected chi connectivity index (χ4v) is 3.29. The van der Waals surface area contributed by atoms with Gasteiger partial charge in [-0.25, -0.2) is 0 Å². The van der Waals surface area contributed by atoms with Crippen LogP contribution in [0.3, 0.4) is 0 Å². The third-order valence-corrected chi connectivity index (χ3v) is 4.37. The number of benzene rings is 2. The zero-order valence-electron chi connectivity index (χ0n) is 11.0. The normalized spacial score (nSPS) is 24.8. The lowest BCUT2D eigenvalue weighted by atomic mass is 9.69. The van der Waals surface area contributed by atoms with Gasteiger partial charge >= 0.3 is 0 Å². The quantitative estimate of drug-likeness (QED) is 0.807. The Balaban J connectivity index is 2.26. The largest absolute Gasteiger partial charge is 0.317 e. The molecule has 2 aromatic carbocycles. The molecule has 92 valence electrons. The Morgan fingerprint density at radius 3 is 2.22 bits per heavy atom. The molecule has 0 bridgehead atoms. The van der Waals surface area contributed by atoms with Gasteiger partial charge in [0.2, 0.25) is 0 Å². The summed E-state index contributed by atoms with van der Waals surface area (Å²) in [7, 11) is 0. The van der Waals surface area contributed by atoms with E-state index in [0.717, 1.165) is 6.42 Å². The summed E-state index contributed by atoms with van der Waals surface area (Å²) in [5.41, 5.74) is 10.4. The molecule has 1 aliphatic rings. The zero-order chi connectivity index (χ0) is 12.8. The van der Waals surface area contributed by atoms with Gasteiger partial charge in [-0.3, -0.25) is 0 Å². The molecular weight excluding hydrogens is 218 g/mol. The molecule has 0 amide bonds. The third-order valence-electron chi connectivity index (χ3n) is 4.37. The van der Waals surface area contributed by atoms with E-state index in [4.69, 9.17) is 5.73 Å². The van der Waals surface area contributed by atoms with Crippen molar-refractivity contribution in [2.45, 2.75) is 25.8 Å². The standard InChI is InChI=1S/C17H19N/c1-16(2)12-13-8-6-7-11-15(13)17(16,18)14-9-4-3-5-10-14/h3-11H,12,18H2,1-2H3. The van der Waals surface area contributed by atoms with Gasteiger partial charge in [-0.05, 0) is 28.5 Å². The number of fused-ring (bicyclic) bond motifs is 1. The third kappa shape index (κ3) is 1.37. The maximum atomic E-state index is 6.87. The first-order valence-electron chi connectivity index (χ1n) is 6.48. The molecule has 0 aromatic heterocycles. The van der Waals surface area contributed by atoms with Crippen LogP contribution in [0.2, 0.25) is 0 Å². The summed E-state index contributed by atoms with van der Waals surface area (Å²) in [6, 6.07) is 19.0. The molecule has 1 heteroatoms. The second-order valence-electron chi connectivity index (χ2n) is 5.89. The van der Waals surface area contributed by atoms with Gasteiger partial charge in [-0.2, -0.15) is 0 Å². The average molecular weight is 237 g/mol. The van der Waals surface area contributed by atoms with Crippen molar-refractivity contribution in [1.82, 2.24) is 0 Å². The van der Waals surface area contributed by atoms with Crippen LogP contribution >= 0.6 is 0 Å². The molecule has 18 heavy (non-hydrogen) atoms. The fourth-order valence-electron chi connectivity index (χ4n) is 3.29. The van der Waals surface area contributed by atoms with Crippen molar-refractivity contribution in [1.29, 1.82) is 0 Å². The molecule has 0 radical (unpaired) electrons. The minimum atomic E-state index is -0.384. The van der Waals surface area contributed by atoms with Crippen LogP contribution < -0.4 is 5.73 Å². The van der Waals surface area contributed by atoms with Crippen LogP contribution in [0, 0.1) is 5.41 Å². The predicted molar refractivity (Wildman–Crippen MR) is 75.3 cm³/mol. The first-order chi connectivity index (χ1) is 8.56. The smallest absolute Gasteiger partial charge is 0.0723 e. The molecule has 1 aliphatic carbocycles. The molecule has 2 aromatic rings. The summed E-state index contributed by atoms with van der Waals surface area (Å²) >= 11 is 0. The molecule has 1 nitrogen and oxygen atoms in total.